The van der Waals surface area contributed by atoms with Crippen LogP contribution in [0.4, 0.5) is 11.9 Å². The van der Waals surface area contributed by atoms with Crippen molar-refractivity contribution < 1.29 is 119 Å². The average Bonchev–Trinajstić information content (AvgIpc) is 2.96. The van der Waals surface area contributed by atoms with E-state index in [2.05, 4.69) is 30.6 Å². The SMILES string of the molecule is CCOC(=O)c1cnc(NCCc2ccc(Cl)cc2)[nH]c1=O.O=[C-]c1cnc(NCCc2ccc(Cl)cc2)nc1[O-].[Na+].[Na+].[Na+].[OH-].[OH-]. The molecular weight excluding hydrogens is 672 g/mol. The molecule has 4 aromatic rings. The van der Waals surface area contributed by atoms with Gasteiger partial charge in [0.05, 0.1) is 19.1 Å². The Morgan fingerprint density at radius 1 is 0.891 bits per heavy atom. The van der Waals surface area contributed by atoms with Crippen LogP contribution in [0.5, 0.6) is 5.88 Å². The summed E-state index contributed by atoms with van der Waals surface area (Å²) in [5, 5.41) is 18.6. The maximum Gasteiger partial charge on any atom is 1.00 e. The van der Waals surface area contributed by atoms with E-state index in [0.29, 0.717) is 29.1 Å². The number of H-pyrrole nitrogens is 1. The van der Waals surface area contributed by atoms with Gasteiger partial charge in [-0.15, -0.1) is 11.4 Å². The normalized spacial score (nSPS) is 9.11. The van der Waals surface area contributed by atoms with Gasteiger partial charge >= 0.3 is 94.6 Å². The number of anilines is 2. The van der Waals surface area contributed by atoms with Crippen molar-refractivity contribution >= 4 is 47.4 Å². The first-order valence-corrected chi connectivity index (χ1v) is 13.2. The monoisotopic (exact) mass is 699 g/mol. The number of rotatable bonds is 11. The van der Waals surface area contributed by atoms with E-state index in [1.807, 2.05) is 48.5 Å². The minimum absolute atomic E-state index is 0. The van der Waals surface area contributed by atoms with E-state index in [9.17, 15) is 19.5 Å². The maximum absolute atomic E-state index is 11.8. The molecule has 13 nitrogen and oxygen atoms in total. The van der Waals surface area contributed by atoms with Crippen LogP contribution in [0.1, 0.15) is 34.0 Å². The zero-order valence-electron chi connectivity index (χ0n) is 25.8. The minimum Gasteiger partial charge on any atom is -0.914 e. The van der Waals surface area contributed by atoms with Gasteiger partial charge < -0.3 is 41.2 Å². The van der Waals surface area contributed by atoms with E-state index >= 15 is 0 Å². The number of aromatic nitrogens is 4. The fourth-order valence-electron chi connectivity index (χ4n) is 3.31. The Labute approximate surface area is 342 Å². The molecule has 2 aromatic carbocycles. The van der Waals surface area contributed by atoms with E-state index in [1.165, 1.54) is 12.5 Å². The summed E-state index contributed by atoms with van der Waals surface area (Å²) >= 11 is 11.6. The van der Waals surface area contributed by atoms with Gasteiger partial charge in [0.1, 0.15) is 5.56 Å². The molecule has 0 fully saturated rings. The summed E-state index contributed by atoms with van der Waals surface area (Å²) in [6, 6.07) is 15.0. The Kier molecular flexibility index (Phi) is 28.0. The molecule has 0 saturated carbocycles. The first-order valence-electron chi connectivity index (χ1n) is 12.4. The molecule has 0 aliphatic rings. The van der Waals surface area contributed by atoms with Crippen LogP contribution < -0.4 is 110 Å². The number of carbonyl (C=O) groups excluding carboxylic acids is 2. The molecule has 0 spiro atoms. The number of benzene rings is 2. The van der Waals surface area contributed by atoms with Crippen molar-refractivity contribution in [1.29, 1.82) is 0 Å². The molecule has 0 atom stereocenters. The van der Waals surface area contributed by atoms with E-state index in [4.69, 9.17) is 27.9 Å². The Morgan fingerprint density at radius 3 is 1.87 bits per heavy atom. The number of halogens is 2. The minimum atomic E-state index is -0.677. The van der Waals surface area contributed by atoms with Crippen LogP contribution in [0.15, 0.2) is 65.7 Å². The summed E-state index contributed by atoms with van der Waals surface area (Å²) in [5.74, 6) is -0.784. The van der Waals surface area contributed by atoms with Gasteiger partial charge in [-0.05, 0) is 55.2 Å². The standard InChI is InChI=1S/C15H16ClN3O3.C13H11ClN3O2.3Na.2H2O/c1-2-22-14(21)12-9-18-15(19-13(12)20)17-8-7-10-3-5-11(16)6-4-10;14-11-3-1-9(2-4-11)5-6-15-13-16-7-10(8-18)12(19)17-13;;;;;/h3-6,9H,2,7-8H2,1H3,(H2,17,18,19,20);1-4,7H,5-6H2,(H2,15,16,17,19);;;;2*1H2/q;-1;3*+1;;/p-3. The number of carbonyl (C=O) groups is 1. The second-order valence-electron chi connectivity index (χ2n) is 8.32. The summed E-state index contributed by atoms with van der Waals surface area (Å²) in [4.78, 5) is 47.6. The molecule has 0 bridgehead atoms. The Bertz CT molecular complexity index is 1520. The van der Waals surface area contributed by atoms with Gasteiger partial charge in [-0.25, -0.2) is 9.78 Å². The zero-order valence-corrected chi connectivity index (χ0v) is 33.4. The summed E-state index contributed by atoms with van der Waals surface area (Å²) < 4.78 is 4.77. The molecule has 0 saturated heterocycles. The molecule has 230 valence electrons. The van der Waals surface area contributed by atoms with Crippen LogP contribution in [0, 0.1) is 0 Å². The molecule has 0 amide bonds. The molecular formula is C28H28Cl2N6Na3O7-. The van der Waals surface area contributed by atoms with Crippen molar-refractivity contribution in [2.45, 2.75) is 19.8 Å². The fraction of sp³-hybridized carbons (Fsp3) is 0.214. The molecule has 2 heterocycles. The fourth-order valence-corrected chi connectivity index (χ4v) is 3.56. The smallest absolute Gasteiger partial charge is 0.914 e. The topological polar surface area (TPSA) is 222 Å². The van der Waals surface area contributed by atoms with Gasteiger partial charge in [0.2, 0.25) is 5.95 Å². The van der Waals surface area contributed by atoms with Crippen molar-refractivity contribution in [3.8, 4) is 5.88 Å². The van der Waals surface area contributed by atoms with E-state index in [-0.39, 0.29) is 123 Å². The molecule has 0 radical (unpaired) electrons. The number of nitrogens with zero attached hydrogens (tertiary/aromatic N) is 3. The zero-order chi connectivity index (χ0) is 29.6. The molecule has 2 aromatic heterocycles. The molecule has 0 aliphatic carbocycles. The van der Waals surface area contributed by atoms with Crippen molar-refractivity contribution in [2.24, 2.45) is 0 Å². The van der Waals surface area contributed by atoms with E-state index in [0.717, 1.165) is 30.2 Å². The van der Waals surface area contributed by atoms with Crippen LogP contribution in [-0.2, 0) is 22.4 Å². The third-order valence-corrected chi connectivity index (χ3v) is 5.89. The maximum atomic E-state index is 11.8. The van der Waals surface area contributed by atoms with Crippen LogP contribution in [0.2, 0.25) is 10.0 Å². The number of hydrogen-bond acceptors (Lipinski definition) is 12. The molecule has 46 heavy (non-hydrogen) atoms. The van der Waals surface area contributed by atoms with Crippen LogP contribution >= 0.6 is 23.2 Å². The van der Waals surface area contributed by atoms with E-state index < -0.39 is 17.4 Å². The summed E-state index contributed by atoms with van der Waals surface area (Å²) in [7, 11) is 0. The number of ether oxygens (including phenoxy) is 1. The molecule has 18 heteroatoms. The van der Waals surface area contributed by atoms with Gasteiger partial charge in [0.25, 0.3) is 5.56 Å². The summed E-state index contributed by atoms with van der Waals surface area (Å²) in [6.07, 6.45) is 5.35. The number of nitrogens with one attached hydrogen (secondary N) is 3. The third-order valence-electron chi connectivity index (χ3n) is 5.39. The molecule has 4 rings (SSSR count). The quantitative estimate of drug-likeness (QED) is 0.0757. The third kappa shape index (κ3) is 17.0. The van der Waals surface area contributed by atoms with Gasteiger partial charge in [0.15, 0.2) is 5.95 Å². The number of hydrogen-bond donors (Lipinski definition) is 3. The average molecular weight is 700 g/mol. The van der Waals surface area contributed by atoms with Crippen LogP contribution in [0.3, 0.4) is 0 Å². The predicted molar refractivity (Wildman–Crippen MR) is 158 cm³/mol. The number of esters is 1. The second-order valence-corrected chi connectivity index (χ2v) is 9.19. The van der Waals surface area contributed by atoms with Gasteiger partial charge in [-0.3, -0.25) is 14.8 Å². The Morgan fingerprint density at radius 2 is 1.41 bits per heavy atom. The molecule has 0 unspecified atom stereocenters. The largest absolute Gasteiger partial charge is 1.00 e. The van der Waals surface area contributed by atoms with Crippen molar-refractivity contribution in [3.05, 3.63) is 104 Å². The van der Waals surface area contributed by atoms with Crippen molar-refractivity contribution in [2.75, 3.05) is 30.3 Å². The van der Waals surface area contributed by atoms with Gasteiger partial charge in [0, 0.05) is 23.1 Å². The Balaban J connectivity index is -0.000000731. The number of aromatic amines is 1. The van der Waals surface area contributed by atoms with Crippen molar-refractivity contribution in [1.82, 2.24) is 19.9 Å². The molecule has 5 N–H and O–H groups in total. The van der Waals surface area contributed by atoms with Crippen LogP contribution in [0.25, 0.3) is 0 Å². The summed E-state index contributed by atoms with van der Waals surface area (Å²) in [6.45, 7) is 3.04. The van der Waals surface area contributed by atoms with Gasteiger partial charge in [-0.2, -0.15) is 0 Å². The van der Waals surface area contributed by atoms with E-state index in [1.54, 1.807) is 6.92 Å². The first kappa shape index (κ1) is 48.8. The molecule has 0 aliphatic heterocycles. The summed E-state index contributed by atoms with van der Waals surface area (Å²) in [5.41, 5.74) is 1.43. The Hall–Kier alpha value is -1.56. The van der Waals surface area contributed by atoms with Crippen molar-refractivity contribution in [3.63, 3.8) is 0 Å². The first-order chi connectivity index (χ1) is 19.8. The predicted octanol–water partition coefficient (Wildman–Crippen LogP) is -5.77. The van der Waals surface area contributed by atoms with Gasteiger partial charge in [-0.1, -0.05) is 53.7 Å². The van der Waals surface area contributed by atoms with Crippen LogP contribution in [-0.4, -0.2) is 62.8 Å². The second kappa shape index (κ2) is 26.4.